The van der Waals surface area contributed by atoms with Gasteiger partial charge in [-0.3, -0.25) is 0 Å². The van der Waals surface area contributed by atoms with E-state index < -0.39 is 0 Å². The molecule has 0 aliphatic heterocycles. The minimum absolute atomic E-state index is 0. The largest absolute Gasteiger partial charge is 0.317 e. The normalized spacial score (nSPS) is 9.90. The molecule has 0 heterocycles. The summed E-state index contributed by atoms with van der Waals surface area (Å²) < 4.78 is 0. The highest BCUT2D eigenvalue weighted by Gasteiger charge is 2.04. The molecule has 4 rings (SSSR count). The molecule has 0 fully saturated rings. The van der Waals surface area contributed by atoms with E-state index in [1.165, 1.54) is 46.2 Å². The Morgan fingerprint density at radius 1 is 0.375 bits per heavy atom. The summed E-state index contributed by atoms with van der Waals surface area (Å²) in [5.41, 5.74) is 7.93. The van der Waals surface area contributed by atoms with Crippen molar-refractivity contribution in [2.75, 3.05) is 26.2 Å². The summed E-state index contributed by atoms with van der Waals surface area (Å²) >= 11 is 0. The number of rotatable bonds is 15. The third kappa shape index (κ3) is 12.8. The van der Waals surface area contributed by atoms with Crippen LogP contribution in [0.2, 0.25) is 0 Å². The molecule has 4 aromatic carbocycles. The SMILES string of the molecule is Br.Br.Br.C.c1ccc(-c2ccccc2CNCCCCNCCCNCc2ccccc2-c2ccccc2)cc1. The van der Waals surface area contributed by atoms with Crippen molar-refractivity contribution in [1.29, 1.82) is 0 Å². The van der Waals surface area contributed by atoms with Crippen molar-refractivity contribution in [3.63, 3.8) is 0 Å². The van der Waals surface area contributed by atoms with E-state index in [9.17, 15) is 0 Å². The highest BCUT2D eigenvalue weighted by Crippen LogP contribution is 2.24. The summed E-state index contributed by atoms with van der Waals surface area (Å²) in [6.07, 6.45) is 3.53. The number of benzene rings is 4. The molecule has 4 aromatic rings. The van der Waals surface area contributed by atoms with Crippen LogP contribution in [0, 0.1) is 0 Å². The van der Waals surface area contributed by atoms with Crippen LogP contribution in [0.3, 0.4) is 0 Å². The third-order valence-corrected chi connectivity index (χ3v) is 6.50. The molecule has 0 atom stereocenters. The summed E-state index contributed by atoms with van der Waals surface area (Å²) in [6.45, 7) is 6.04. The van der Waals surface area contributed by atoms with Crippen LogP contribution >= 0.6 is 50.9 Å². The first kappa shape index (κ1) is 38.2. The predicted molar refractivity (Wildman–Crippen MR) is 192 cm³/mol. The maximum Gasteiger partial charge on any atom is 0.0211 e. The van der Waals surface area contributed by atoms with Crippen molar-refractivity contribution in [2.24, 2.45) is 0 Å². The number of halogens is 3. The first-order valence-electron chi connectivity index (χ1n) is 13.3. The fourth-order valence-corrected chi connectivity index (χ4v) is 4.56. The number of nitrogens with one attached hydrogen (secondary N) is 3. The lowest BCUT2D eigenvalue weighted by Crippen LogP contribution is -2.23. The Labute approximate surface area is 273 Å². The molecular weight excluding hydrogens is 690 g/mol. The molecule has 0 unspecified atom stereocenters. The molecule has 40 heavy (non-hydrogen) atoms. The first-order valence-corrected chi connectivity index (χ1v) is 13.3. The van der Waals surface area contributed by atoms with Gasteiger partial charge in [0.1, 0.15) is 0 Å². The summed E-state index contributed by atoms with van der Waals surface area (Å²) in [5, 5.41) is 10.8. The second-order valence-electron chi connectivity index (χ2n) is 9.21. The van der Waals surface area contributed by atoms with Crippen molar-refractivity contribution in [3.8, 4) is 22.3 Å². The van der Waals surface area contributed by atoms with Crippen molar-refractivity contribution >= 4 is 50.9 Å². The van der Waals surface area contributed by atoms with Crippen LogP contribution in [0.4, 0.5) is 0 Å². The van der Waals surface area contributed by atoms with Crippen LogP contribution in [-0.4, -0.2) is 26.2 Å². The average molecular weight is 736 g/mol. The van der Waals surface area contributed by atoms with Crippen molar-refractivity contribution in [1.82, 2.24) is 16.0 Å². The highest BCUT2D eigenvalue weighted by molar-refractivity contribution is 8.93. The second-order valence-corrected chi connectivity index (χ2v) is 9.21. The highest BCUT2D eigenvalue weighted by atomic mass is 79.9. The lowest BCUT2D eigenvalue weighted by atomic mass is 10.00. The van der Waals surface area contributed by atoms with Gasteiger partial charge in [0.25, 0.3) is 0 Å². The number of hydrogen-bond acceptors (Lipinski definition) is 3. The van der Waals surface area contributed by atoms with Gasteiger partial charge in [0, 0.05) is 13.1 Å². The van der Waals surface area contributed by atoms with Gasteiger partial charge in [-0.1, -0.05) is 117 Å². The molecule has 3 nitrogen and oxygen atoms in total. The molecule has 3 N–H and O–H groups in total. The standard InChI is InChI=1S/C33H39N3.CH4.3BrH/c1-3-14-28(15-4-1)32-20-9-7-18-30(32)26-35-23-12-11-22-34-24-13-25-36-27-31-19-8-10-21-33(31)29-16-5-2-6-17-29;;;;/h1-10,14-21,34-36H,11-13,22-27H2;1H4;3*1H. The lowest BCUT2D eigenvalue weighted by molar-refractivity contribution is 0.559. The molecule has 0 aliphatic rings. The smallest absolute Gasteiger partial charge is 0.0211 e. The van der Waals surface area contributed by atoms with Gasteiger partial charge in [-0.2, -0.15) is 0 Å². The van der Waals surface area contributed by atoms with E-state index in [2.05, 4.69) is 125 Å². The van der Waals surface area contributed by atoms with E-state index in [0.29, 0.717) is 0 Å². The first-order chi connectivity index (χ1) is 17.9. The van der Waals surface area contributed by atoms with Crippen LogP contribution in [0.1, 0.15) is 37.8 Å². The molecule has 0 saturated carbocycles. The molecule has 0 amide bonds. The molecule has 218 valence electrons. The Kier molecular flexibility index (Phi) is 21.8. The lowest BCUT2D eigenvalue weighted by Gasteiger charge is -2.12. The second kappa shape index (κ2) is 22.8. The summed E-state index contributed by atoms with van der Waals surface area (Å²) in [4.78, 5) is 0. The molecule has 0 aromatic heterocycles. The van der Waals surface area contributed by atoms with E-state index in [-0.39, 0.29) is 58.4 Å². The quantitative estimate of drug-likeness (QED) is 0.107. The molecule has 0 bridgehead atoms. The van der Waals surface area contributed by atoms with Gasteiger partial charge in [0.2, 0.25) is 0 Å². The van der Waals surface area contributed by atoms with Crippen LogP contribution in [0.5, 0.6) is 0 Å². The maximum absolute atomic E-state index is 3.62. The maximum atomic E-state index is 3.62. The van der Waals surface area contributed by atoms with Gasteiger partial charge < -0.3 is 16.0 Å². The van der Waals surface area contributed by atoms with Gasteiger partial charge in [-0.25, -0.2) is 0 Å². The minimum Gasteiger partial charge on any atom is -0.317 e. The van der Waals surface area contributed by atoms with Crippen molar-refractivity contribution in [3.05, 3.63) is 120 Å². The Morgan fingerprint density at radius 3 is 1.20 bits per heavy atom. The number of hydrogen-bond donors (Lipinski definition) is 3. The van der Waals surface area contributed by atoms with Gasteiger partial charge >= 0.3 is 0 Å². The van der Waals surface area contributed by atoms with E-state index >= 15 is 0 Å². The van der Waals surface area contributed by atoms with E-state index in [0.717, 1.165) is 45.7 Å². The van der Waals surface area contributed by atoms with Crippen molar-refractivity contribution < 1.29 is 0 Å². The van der Waals surface area contributed by atoms with Crippen LogP contribution < -0.4 is 16.0 Å². The summed E-state index contributed by atoms with van der Waals surface area (Å²) in [5.74, 6) is 0. The van der Waals surface area contributed by atoms with Crippen LogP contribution in [0.15, 0.2) is 109 Å². The Morgan fingerprint density at radius 2 is 0.725 bits per heavy atom. The molecule has 0 aliphatic carbocycles. The third-order valence-electron chi connectivity index (χ3n) is 6.50. The van der Waals surface area contributed by atoms with Crippen LogP contribution in [-0.2, 0) is 13.1 Å². The zero-order valence-electron chi connectivity index (χ0n) is 22.5. The fourth-order valence-electron chi connectivity index (χ4n) is 4.56. The van der Waals surface area contributed by atoms with E-state index in [4.69, 9.17) is 0 Å². The Bertz CT molecular complexity index is 1060. The van der Waals surface area contributed by atoms with Crippen LogP contribution in [0.25, 0.3) is 22.3 Å². The zero-order valence-corrected chi connectivity index (χ0v) is 27.6. The van der Waals surface area contributed by atoms with Gasteiger partial charge in [0.15, 0.2) is 0 Å². The fraction of sp³-hybridized carbons (Fsp3) is 0.294. The van der Waals surface area contributed by atoms with Crippen molar-refractivity contribution in [2.45, 2.75) is 39.8 Å². The topological polar surface area (TPSA) is 36.1 Å². The Balaban J connectivity index is 0.00000380. The summed E-state index contributed by atoms with van der Waals surface area (Å²) in [6, 6.07) is 38.7. The Hall–Kier alpha value is -1.80. The van der Waals surface area contributed by atoms with Gasteiger partial charge in [0.05, 0.1) is 0 Å². The number of unbranched alkanes of at least 4 members (excludes halogenated alkanes) is 1. The monoisotopic (exact) mass is 733 g/mol. The molecule has 6 heteroatoms. The van der Waals surface area contributed by atoms with Gasteiger partial charge in [-0.15, -0.1) is 50.9 Å². The molecule has 0 radical (unpaired) electrons. The zero-order chi connectivity index (χ0) is 24.7. The summed E-state index contributed by atoms with van der Waals surface area (Å²) in [7, 11) is 0. The molecular formula is C34H46Br3N3. The van der Waals surface area contributed by atoms with E-state index in [1.54, 1.807) is 0 Å². The average Bonchev–Trinajstić information content (AvgIpc) is 2.95. The van der Waals surface area contributed by atoms with Gasteiger partial charge in [-0.05, 0) is 78.8 Å². The molecule has 0 spiro atoms. The van der Waals surface area contributed by atoms with E-state index in [1.807, 2.05) is 0 Å². The predicted octanol–water partition coefficient (Wildman–Crippen LogP) is 9.03. The molecule has 0 saturated heterocycles. The minimum atomic E-state index is 0.